The van der Waals surface area contributed by atoms with Gasteiger partial charge in [-0.3, -0.25) is 0 Å². The second-order valence-corrected chi connectivity index (χ2v) is 14.0. The number of fused-ring (bicyclic) bond motifs is 9. The summed E-state index contributed by atoms with van der Waals surface area (Å²) in [6.07, 6.45) is 0. The van der Waals surface area contributed by atoms with Gasteiger partial charge in [0.05, 0.1) is 67.4 Å². The molecule has 0 fully saturated rings. The zero-order valence-corrected chi connectivity index (χ0v) is 29.5. The summed E-state index contributed by atoms with van der Waals surface area (Å²) in [5.74, 6) is 0. The number of benzene rings is 8. The first kappa shape index (κ1) is 30.7. The standard InChI is InChI=1S/C50H29N5/c51-30-32-24-27-40-38-15-4-9-21-45(38)54(49(40)28-32)48-29-33(25-26-34(48)31-52)35-12-1-6-18-42(35)55-46-22-10-5-16-39(46)41-17-11-23-47(50(41)55)53-43-19-7-2-13-36(43)37-14-3-8-20-44(37)53/h1-29H. The predicted octanol–water partition coefficient (Wildman–Crippen LogP) is 12.4. The van der Waals surface area contributed by atoms with Crippen LogP contribution in [0.15, 0.2) is 176 Å². The van der Waals surface area contributed by atoms with Gasteiger partial charge in [0.1, 0.15) is 6.07 Å². The summed E-state index contributed by atoms with van der Waals surface area (Å²) in [6.45, 7) is 0. The van der Waals surface area contributed by atoms with Crippen molar-refractivity contribution in [2.75, 3.05) is 0 Å². The number of nitriles is 2. The van der Waals surface area contributed by atoms with E-state index in [-0.39, 0.29) is 0 Å². The lowest BCUT2D eigenvalue weighted by Gasteiger charge is -2.18. The Morgan fingerprint density at radius 2 is 0.855 bits per heavy atom. The molecule has 0 radical (unpaired) electrons. The number of hydrogen-bond acceptors (Lipinski definition) is 2. The number of para-hydroxylation sites is 6. The van der Waals surface area contributed by atoms with Gasteiger partial charge in [-0.25, -0.2) is 0 Å². The van der Waals surface area contributed by atoms with Gasteiger partial charge in [-0.15, -0.1) is 0 Å². The summed E-state index contributed by atoms with van der Waals surface area (Å²) in [6, 6.07) is 66.0. The quantitative estimate of drug-likeness (QED) is 0.184. The molecule has 0 spiro atoms. The summed E-state index contributed by atoms with van der Waals surface area (Å²) >= 11 is 0. The van der Waals surface area contributed by atoms with Crippen molar-refractivity contribution < 1.29 is 0 Å². The topological polar surface area (TPSA) is 62.4 Å². The second-order valence-electron chi connectivity index (χ2n) is 14.0. The van der Waals surface area contributed by atoms with Crippen LogP contribution < -0.4 is 0 Å². The summed E-state index contributed by atoms with van der Waals surface area (Å²) in [5, 5.41) is 27.3. The molecule has 8 aromatic carbocycles. The lowest BCUT2D eigenvalue weighted by Crippen LogP contribution is -2.03. The first-order valence-electron chi connectivity index (χ1n) is 18.3. The van der Waals surface area contributed by atoms with Crippen LogP contribution in [0.25, 0.3) is 93.6 Å². The lowest BCUT2D eigenvalue weighted by atomic mass is 10.00. The zero-order valence-electron chi connectivity index (χ0n) is 29.5. The molecule has 0 aliphatic heterocycles. The van der Waals surface area contributed by atoms with Gasteiger partial charge in [0.25, 0.3) is 0 Å². The van der Waals surface area contributed by atoms with E-state index in [2.05, 4.69) is 165 Å². The van der Waals surface area contributed by atoms with Crippen LogP contribution in [0, 0.1) is 22.7 Å². The third-order valence-corrected chi connectivity index (χ3v) is 11.1. The fraction of sp³-hybridized carbons (Fsp3) is 0. The van der Waals surface area contributed by atoms with E-state index in [0.29, 0.717) is 11.1 Å². The maximum absolute atomic E-state index is 10.5. The molecule has 254 valence electrons. The molecule has 0 aliphatic rings. The number of aromatic nitrogens is 3. The zero-order chi connectivity index (χ0) is 36.6. The first-order valence-corrected chi connectivity index (χ1v) is 18.3. The molecule has 3 heterocycles. The van der Waals surface area contributed by atoms with Crippen LogP contribution in [0.5, 0.6) is 0 Å². The van der Waals surface area contributed by atoms with Crippen LogP contribution in [0.4, 0.5) is 0 Å². The van der Waals surface area contributed by atoms with Crippen LogP contribution in [-0.4, -0.2) is 13.7 Å². The van der Waals surface area contributed by atoms with Gasteiger partial charge in [0.2, 0.25) is 0 Å². The highest BCUT2D eigenvalue weighted by molar-refractivity contribution is 6.15. The first-order chi connectivity index (χ1) is 27.2. The fourth-order valence-corrected chi connectivity index (χ4v) is 8.80. The van der Waals surface area contributed by atoms with Crippen LogP contribution in [0.2, 0.25) is 0 Å². The van der Waals surface area contributed by atoms with Gasteiger partial charge < -0.3 is 13.7 Å². The Bertz CT molecular complexity index is 3420. The number of rotatable bonds is 4. The number of nitrogens with zero attached hydrogens (tertiary/aromatic N) is 5. The molecule has 5 nitrogen and oxygen atoms in total. The minimum atomic E-state index is 0.553. The van der Waals surface area contributed by atoms with Crippen LogP contribution in [0.1, 0.15) is 11.1 Å². The third kappa shape index (κ3) is 4.39. The molecule has 3 aromatic heterocycles. The number of hydrogen-bond donors (Lipinski definition) is 0. The van der Waals surface area contributed by atoms with E-state index in [0.717, 1.165) is 72.1 Å². The lowest BCUT2D eigenvalue weighted by molar-refractivity contribution is 1.13. The van der Waals surface area contributed by atoms with E-state index < -0.39 is 0 Å². The van der Waals surface area contributed by atoms with Crippen LogP contribution in [-0.2, 0) is 0 Å². The second kappa shape index (κ2) is 11.8. The average molecular weight is 700 g/mol. The molecule has 11 aromatic rings. The van der Waals surface area contributed by atoms with Gasteiger partial charge in [0, 0.05) is 37.9 Å². The van der Waals surface area contributed by atoms with Crippen molar-refractivity contribution in [1.29, 1.82) is 10.5 Å². The van der Waals surface area contributed by atoms with Crippen molar-refractivity contribution in [3.8, 4) is 40.3 Å². The van der Waals surface area contributed by atoms with Crippen molar-refractivity contribution in [3.05, 3.63) is 187 Å². The van der Waals surface area contributed by atoms with Crippen molar-refractivity contribution in [3.63, 3.8) is 0 Å². The largest absolute Gasteiger partial charge is 0.308 e. The van der Waals surface area contributed by atoms with Gasteiger partial charge in [-0.05, 0) is 66.2 Å². The monoisotopic (exact) mass is 699 g/mol. The molecular formula is C50H29N5. The van der Waals surface area contributed by atoms with Gasteiger partial charge in [-0.1, -0.05) is 115 Å². The molecule has 0 atom stereocenters. The normalized spacial score (nSPS) is 11.6. The van der Waals surface area contributed by atoms with Crippen molar-refractivity contribution >= 4 is 65.4 Å². The van der Waals surface area contributed by atoms with Crippen LogP contribution >= 0.6 is 0 Å². The highest BCUT2D eigenvalue weighted by atomic mass is 15.1. The van der Waals surface area contributed by atoms with E-state index in [4.69, 9.17) is 0 Å². The van der Waals surface area contributed by atoms with E-state index in [1.165, 1.54) is 21.5 Å². The third-order valence-electron chi connectivity index (χ3n) is 11.1. The summed E-state index contributed by atoms with van der Waals surface area (Å²) in [5.41, 5.74) is 12.4. The molecule has 0 aliphatic carbocycles. The Morgan fingerprint density at radius 3 is 1.49 bits per heavy atom. The van der Waals surface area contributed by atoms with E-state index in [1.54, 1.807) is 0 Å². The molecule has 55 heavy (non-hydrogen) atoms. The van der Waals surface area contributed by atoms with Crippen LogP contribution in [0.3, 0.4) is 0 Å². The highest BCUT2D eigenvalue weighted by Gasteiger charge is 2.22. The maximum atomic E-state index is 10.5. The fourth-order valence-electron chi connectivity index (χ4n) is 8.80. The van der Waals surface area contributed by atoms with Gasteiger partial charge >= 0.3 is 0 Å². The molecule has 0 unspecified atom stereocenters. The Morgan fingerprint density at radius 1 is 0.345 bits per heavy atom. The van der Waals surface area contributed by atoms with E-state index in [9.17, 15) is 10.5 Å². The summed E-state index contributed by atoms with van der Waals surface area (Å²) in [7, 11) is 0. The molecule has 0 amide bonds. The highest BCUT2D eigenvalue weighted by Crippen LogP contribution is 2.42. The molecule has 11 rings (SSSR count). The summed E-state index contributed by atoms with van der Waals surface area (Å²) in [4.78, 5) is 0. The Balaban J connectivity index is 1.22. The predicted molar refractivity (Wildman–Crippen MR) is 224 cm³/mol. The molecule has 0 N–H and O–H groups in total. The maximum Gasteiger partial charge on any atom is 0.101 e. The molecule has 5 heteroatoms. The molecular weight excluding hydrogens is 671 g/mol. The smallest absolute Gasteiger partial charge is 0.101 e. The summed E-state index contributed by atoms with van der Waals surface area (Å²) < 4.78 is 6.95. The molecule has 0 saturated heterocycles. The van der Waals surface area contributed by atoms with Crippen molar-refractivity contribution in [2.45, 2.75) is 0 Å². The molecule has 0 bridgehead atoms. The minimum absolute atomic E-state index is 0.553. The van der Waals surface area contributed by atoms with E-state index >= 15 is 0 Å². The van der Waals surface area contributed by atoms with E-state index in [1.807, 2.05) is 36.4 Å². The Kier molecular flexibility index (Phi) is 6.61. The average Bonchev–Trinajstić information content (AvgIpc) is 3.89. The molecule has 0 saturated carbocycles. The van der Waals surface area contributed by atoms with Crippen molar-refractivity contribution in [2.24, 2.45) is 0 Å². The van der Waals surface area contributed by atoms with Gasteiger partial charge in [-0.2, -0.15) is 10.5 Å². The van der Waals surface area contributed by atoms with Crippen molar-refractivity contribution in [1.82, 2.24) is 13.7 Å². The Labute approximate surface area is 316 Å². The Hall–Kier alpha value is -7.86. The minimum Gasteiger partial charge on any atom is -0.308 e. The van der Waals surface area contributed by atoms with Gasteiger partial charge in [0.15, 0.2) is 0 Å². The SMILES string of the molecule is N#Cc1ccc2c3ccccc3n(-c3cc(-c4ccccc4-n4c5ccccc5c5cccc(-n6c7ccccc7c7ccccc76)c54)ccc3C#N)c2c1.